The lowest BCUT2D eigenvalue weighted by Gasteiger charge is -2.60. The van der Waals surface area contributed by atoms with Crippen LogP contribution in [0, 0.1) is 28.0 Å². The van der Waals surface area contributed by atoms with Crippen LogP contribution < -0.4 is 5.32 Å². The summed E-state index contributed by atoms with van der Waals surface area (Å²) in [5, 5.41) is 25.3. The van der Waals surface area contributed by atoms with E-state index in [0.717, 1.165) is 23.1 Å². The van der Waals surface area contributed by atoms with Crippen LogP contribution in [-0.4, -0.2) is 52.4 Å². The molecule has 1 saturated heterocycles. The number of piperidine rings is 1. The molecular formula is C39H49FN2O5. The van der Waals surface area contributed by atoms with E-state index < -0.39 is 57.9 Å². The molecule has 1 aliphatic rings. The van der Waals surface area contributed by atoms with E-state index in [1.165, 1.54) is 17.7 Å². The number of pyridine rings is 1. The highest BCUT2D eigenvalue weighted by Crippen LogP contribution is 2.61. The van der Waals surface area contributed by atoms with Gasteiger partial charge in [-0.15, -0.1) is 0 Å². The number of carboxylic acids is 2. The minimum absolute atomic E-state index is 0.0676. The summed E-state index contributed by atoms with van der Waals surface area (Å²) in [6, 6.07) is 17.1. The molecule has 0 bridgehead atoms. The van der Waals surface area contributed by atoms with Crippen molar-refractivity contribution < 1.29 is 28.9 Å². The van der Waals surface area contributed by atoms with Gasteiger partial charge in [-0.05, 0) is 84.9 Å². The second-order valence-corrected chi connectivity index (χ2v) is 14.4. The van der Waals surface area contributed by atoms with Gasteiger partial charge in [0.05, 0.1) is 24.0 Å². The fraction of sp³-hybridized carbons (Fsp3) is 0.462. The molecule has 5 atom stereocenters. The molecule has 0 aliphatic carbocycles. The Hall–Kier alpha value is -3.88. The van der Waals surface area contributed by atoms with E-state index in [-0.39, 0.29) is 18.6 Å². The SMILES string of the molecule is C/C(=C\c1ccc(Cc2cccnc2)cc1)COCC(C)(C)CC1(C(=O)O)C(C)NC(C)C(C(=O)O)(C(C)C)C1c1ccccc1F. The van der Waals surface area contributed by atoms with Crippen LogP contribution in [0.5, 0.6) is 0 Å². The van der Waals surface area contributed by atoms with Crippen LogP contribution in [0.1, 0.15) is 83.1 Å². The Morgan fingerprint density at radius 2 is 1.68 bits per heavy atom. The molecule has 3 N–H and O–H groups in total. The standard InChI is InChI=1S/C39H49FN2O5/c1-25(2)39(36(45)46)28(5)42-27(4)38(35(43)44,34(39)32-12-8-9-13-33(32)40)23-37(6,7)24-47-22-26(3)19-29-14-16-30(17-15-29)20-31-11-10-18-41-21-31/h8-19,21,25,27-28,34,42H,20,22-24H2,1-7H3,(H,43,44)(H,45,46)/b26-19+. The Bertz CT molecular complexity index is 1570. The molecule has 0 radical (unpaired) electrons. The minimum atomic E-state index is -1.66. The Labute approximate surface area is 278 Å². The van der Waals surface area contributed by atoms with Crippen LogP contribution in [0.2, 0.25) is 0 Å². The predicted molar refractivity (Wildman–Crippen MR) is 183 cm³/mol. The summed E-state index contributed by atoms with van der Waals surface area (Å²) in [5.41, 5.74) is 0.554. The zero-order valence-corrected chi connectivity index (χ0v) is 28.6. The van der Waals surface area contributed by atoms with Gasteiger partial charge in [-0.2, -0.15) is 0 Å². The number of hydrogen-bond donors (Lipinski definition) is 3. The van der Waals surface area contributed by atoms with E-state index in [1.54, 1.807) is 46.0 Å². The summed E-state index contributed by atoms with van der Waals surface area (Å²) in [4.78, 5) is 31.1. The molecular weight excluding hydrogens is 595 g/mol. The Balaban J connectivity index is 1.58. The Morgan fingerprint density at radius 1 is 1.00 bits per heavy atom. The number of ether oxygens (including phenoxy) is 1. The summed E-state index contributed by atoms with van der Waals surface area (Å²) in [5.74, 6) is -4.55. The minimum Gasteiger partial charge on any atom is -0.481 e. The molecule has 252 valence electrons. The molecule has 0 saturated carbocycles. The highest BCUT2D eigenvalue weighted by molar-refractivity contribution is 5.84. The van der Waals surface area contributed by atoms with Gasteiger partial charge in [0, 0.05) is 30.4 Å². The molecule has 4 rings (SSSR count). The molecule has 1 fully saturated rings. The maximum Gasteiger partial charge on any atom is 0.312 e. The van der Waals surface area contributed by atoms with Crippen molar-refractivity contribution in [3.63, 3.8) is 0 Å². The Morgan fingerprint density at radius 3 is 2.26 bits per heavy atom. The molecule has 2 heterocycles. The van der Waals surface area contributed by atoms with E-state index >= 15 is 4.39 Å². The summed E-state index contributed by atoms with van der Waals surface area (Å²) in [6.45, 7) is 13.5. The first kappa shape index (κ1) is 36.0. The normalized spacial score (nSPS) is 25.1. The number of aliphatic carboxylic acids is 2. The average Bonchev–Trinajstić information content (AvgIpc) is 2.99. The quantitative estimate of drug-likeness (QED) is 0.176. The number of carbonyl (C=O) groups is 2. The van der Waals surface area contributed by atoms with Gasteiger partial charge in [-0.3, -0.25) is 14.6 Å². The lowest BCUT2D eigenvalue weighted by atomic mass is 9.46. The molecule has 5 unspecified atom stereocenters. The number of rotatable bonds is 13. The monoisotopic (exact) mass is 644 g/mol. The predicted octanol–water partition coefficient (Wildman–Crippen LogP) is 7.61. The first-order valence-electron chi connectivity index (χ1n) is 16.3. The highest BCUT2D eigenvalue weighted by Gasteiger charge is 2.69. The molecule has 8 heteroatoms. The maximum atomic E-state index is 15.7. The third-order valence-corrected chi connectivity index (χ3v) is 10.0. The van der Waals surface area contributed by atoms with Crippen molar-refractivity contribution in [1.82, 2.24) is 10.3 Å². The van der Waals surface area contributed by atoms with Crippen LogP contribution in [0.25, 0.3) is 6.08 Å². The van der Waals surface area contributed by atoms with Gasteiger partial charge in [0.1, 0.15) is 5.82 Å². The molecule has 1 aliphatic heterocycles. The number of halogens is 1. The fourth-order valence-corrected chi connectivity index (χ4v) is 7.99. The number of carboxylic acid groups (broad SMARTS) is 2. The average molecular weight is 645 g/mol. The van der Waals surface area contributed by atoms with Gasteiger partial charge in [-0.25, -0.2) is 4.39 Å². The first-order chi connectivity index (χ1) is 22.1. The van der Waals surface area contributed by atoms with Gasteiger partial charge in [0.2, 0.25) is 0 Å². The van der Waals surface area contributed by atoms with Crippen LogP contribution in [0.15, 0.2) is 78.6 Å². The second-order valence-electron chi connectivity index (χ2n) is 14.4. The van der Waals surface area contributed by atoms with E-state index in [2.05, 4.69) is 46.7 Å². The van der Waals surface area contributed by atoms with Crippen molar-refractivity contribution >= 4 is 18.0 Å². The topological polar surface area (TPSA) is 109 Å². The summed E-state index contributed by atoms with van der Waals surface area (Å²) >= 11 is 0. The molecule has 1 aromatic heterocycles. The van der Waals surface area contributed by atoms with Gasteiger partial charge in [0.25, 0.3) is 0 Å². The van der Waals surface area contributed by atoms with Crippen LogP contribution in [0.3, 0.4) is 0 Å². The lowest BCUT2D eigenvalue weighted by molar-refractivity contribution is -0.181. The van der Waals surface area contributed by atoms with E-state index in [9.17, 15) is 19.8 Å². The van der Waals surface area contributed by atoms with Crippen molar-refractivity contribution in [2.45, 2.75) is 79.3 Å². The second kappa shape index (κ2) is 14.5. The first-order valence-corrected chi connectivity index (χ1v) is 16.3. The third kappa shape index (κ3) is 7.34. The Kier molecular flexibility index (Phi) is 11.1. The number of nitrogens with one attached hydrogen (secondary N) is 1. The van der Waals surface area contributed by atoms with Gasteiger partial charge in [-0.1, -0.05) is 82.3 Å². The maximum absolute atomic E-state index is 15.7. The zero-order valence-electron chi connectivity index (χ0n) is 28.6. The fourth-order valence-electron chi connectivity index (χ4n) is 7.99. The molecule has 0 amide bonds. The van der Waals surface area contributed by atoms with Crippen molar-refractivity contribution in [3.05, 3.63) is 107 Å². The van der Waals surface area contributed by atoms with Crippen molar-refractivity contribution in [1.29, 1.82) is 0 Å². The van der Waals surface area contributed by atoms with E-state index in [4.69, 9.17) is 4.74 Å². The van der Waals surface area contributed by atoms with Crippen LogP contribution in [-0.2, 0) is 20.7 Å². The number of nitrogens with zero attached hydrogens (tertiary/aromatic N) is 1. The van der Waals surface area contributed by atoms with Gasteiger partial charge >= 0.3 is 11.9 Å². The third-order valence-electron chi connectivity index (χ3n) is 10.0. The largest absolute Gasteiger partial charge is 0.481 e. The number of hydrogen-bond acceptors (Lipinski definition) is 5. The van der Waals surface area contributed by atoms with Crippen LogP contribution >= 0.6 is 0 Å². The van der Waals surface area contributed by atoms with E-state index in [1.807, 2.05) is 33.0 Å². The highest BCUT2D eigenvalue weighted by atomic mass is 19.1. The van der Waals surface area contributed by atoms with E-state index in [0.29, 0.717) is 6.61 Å². The molecule has 2 aromatic carbocycles. The number of aromatic nitrogens is 1. The molecule has 0 spiro atoms. The lowest BCUT2D eigenvalue weighted by Crippen LogP contribution is -2.71. The molecule has 3 aromatic rings. The smallest absolute Gasteiger partial charge is 0.312 e. The van der Waals surface area contributed by atoms with Crippen molar-refractivity contribution in [2.75, 3.05) is 13.2 Å². The number of benzene rings is 2. The van der Waals surface area contributed by atoms with Crippen molar-refractivity contribution in [3.8, 4) is 0 Å². The summed E-state index contributed by atoms with van der Waals surface area (Å²) < 4.78 is 21.9. The molecule has 47 heavy (non-hydrogen) atoms. The van der Waals surface area contributed by atoms with Gasteiger partial charge in [0.15, 0.2) is 0 Å². The molecule has 7 nitrogen and oxygen atoms in total. The summed E-state index contributed by atoms with van der Waals surface area (Å²) in [6.07, 6.45) is 6.57. The van der Waals surface area contributed by atoms with Crippen molar-refractivity contribution in [2.24, 2.45) is 22.2 Å². The summed E-state index contributed by atoms with van der Waals surface area (Å²) in [7, 11) is 0. The van der Waals surface area contributed by atoms with Gasteiger partial charge < -0.3 is 20.3 Å². The van der Waals surface area contributed by atoms with Crippen LogP contribution in [0.4, 0.5) is 4.39 Å². The zero-order chi connectivity index (χ0) is 34.6.